The van der Waals surface area contributed by atoms with E-state index in [0.717, 1.165) is 12.7 Å². The van der Waals surface area contributed by atoms with Gasteiger partial charge < -0.3 is 10.8 Å². The summed E-state index contributed by atoms with van der Waals surface area (Å²) in [7, 11) is -3.15. The highest BCUT2D eigenvalue weighted by Crippen LogP contribution is 2.33. The molecule has 0 amide bonds. The first kappa shape index (κ1) is 9.95. The van der Waals surface area contributed by atoms with Crippen LogP contribution in [0.1, 0.15) is 19.3 Å². The summed E-state index contributed by atoms with van der Waals surface area (Å²) in [6, 6.07) is 0. The summed E-state index contributed by atoms with van der Waals surface area (Å²) in [6.45, 7) is 0.0325. The highest BCUT2D eigenvalue weighted by molar-refractivity contribution is 7.91. The van der Waals surface area contributed by atoms with E-state index in [-0.39, 0.29) is 6.54 Å². The van der Waals surface area contributed by atoms with Crippen LogP contribution < -0.4 is 5.73 Å². The van der Waals surface area contributed by atoms with Gasteiger partial charge in [0.1, 0.15) is 0 Å². The third kappa shape index (κ3) is 1.62. The number of rotatable bonds is 2. The van der Waals surface area contributed by atoms with E-state index in [0.29, 0.717) is 12.8 Å². The molecule has 5 heteroatoms. The van der Waals surface area contributed by atoms with Crippen LogP contribution in [-0.4, -0.2) is 37.2 Å². The first-order chi connectivity index (χ1) is 5.40. The van der Waals surface area contributed by atoms with Crippen LogP contribution in [0.2, 0.25) is 0 Å². The Labute approximate surface area is 72.7 Å². The molecule has 0 aromatic heterocycles. The lowest BCUT2D eigenvalue weighted by Gasteiger charge is -2.26. The fourth-order valence-electron chi connectivity index (χ4n) is 1.87. The Balaban J connectivity index is 2.92. The van der Waals surface area contributed by atoms with Crippen LogP contribution in [0.25, 0.3) is 0 Å². The van der Waals surface area contributed by atoms with Crippen molar-refractivity contribution in [2.24, 2.45) is 5.73 Å². The standard InChI is InChI=1S/C7H15NO3S/c1-12(10,11)6-3-2-4-7(6,9)5-8/h6,9H,2-5,8H2,1H3. The number of sulfone groups is 1. The highest BCUT2D eigenvalue weighted by Gasteiger charge is 2.45. The Morgan fingerprint density at radius 3 is 2.58 bits per heavy atom. The Morgan fingerprint density at radius 2 is 2.25 bits per heavy atom. The molecule has 12 heavy (non-hydrogen) atoms. The summed E-state index contributed by atoms with van der Waals surface area (Å²) in [5.74, 6) is 0. The monoisotopic (exact) mass is 193 g/mol. The molecule has 1 aliphatic rings. The van der Waals surface area contributed by atoms with Gasteiger partial charge in [-0.1, -0.05) is 0 Å². The van der Waals surface area contributed by atoms with Crippen molar-refractivity contribution in [3.8, 4) is 0 Å². The minimum absolute atomic E-state index is 0.0325. The van der Waals surface area contributed by atoms with Crippen molar-refractivity contribution in [1.29, 1.82) is 0 Å². The quantitative estimate of drug-likeness (QED) is 0.606. The number of nitrogens with two attached hydrogens (primary N) is 1. The zero-order valence-electron chi connectivity index (χ0n) is 7.16. The van der Waals surface area contributed by atoms with E-state index in [4.69, 9.17) is 5.73 Å². The second kappa shape index (κ2) is 2.97. The second-order valence-corrected chi connectivity index (χ2v) is 5.75. The minimum atomic E-state index is -3.15. The predicted octanol–water partition coefficient (Wildman–Crippen LogP) is -0.727. The molecular formula is C7H15NO3S. The third-order valence-electron chi connectivity index (χ3n) is 2.55. The van der Waals surface area contributed by atoms with Crippen molar-refractivity contribution >= 4 is 9.84 Å². The molecule has 1 fully saturated rings. The van der Waals surface area contributed by atoms with Gasteiger partial charge in [-0.3, -0.25) is 0 Å². The van der Waals surface area contributed by atoms with E-state index >= 15 is 0 Å². The molecule has 1 aliphatic carbocycles. The van der Waals surface area contributed by atoms with E-state index < -0.39 is 20.7 Å². The molecule has 4 nitrogen and oxygen atoms in total. The maximum Gasteiger partial charge on any atom is 0.153 e. The lowest BCUT2D eigenvalue weighted by molar-refractivity contribution is 0.0600. The summed E-state index contributed by atoms with van der Waals surface area (Å²) in [5, 5.41) is 9.13. The van der Waals surface area contributed by atoms with Gasteiger partial charge in [-0.2, -0.15) is 0 Å². The van der Waals surface area contributed by atoms with Crippen LogP contribution in [-0.2, 0) is 9.84 Å². The van der Waals surface area contributed by atoms with Gasteiger partial charge in [0.05, 0.1) is 10.9 Å². The lowest BCUT2D eigenvalue weighted by Crippen LogP contribution is -2.48. The van der Waals surface area contributed by atoms with E-state index in [1.165, 1.54) is 0 Å². The van der Waals surface area contributed by atoms with Crippen molar-refractivity contribution in [2.45, 2.75) is 30.1 Å². The van der Waals surface area contributed by atoms with Gasteiger partial charge in [-0.05, 0) is 19.3 Å². The fraction of sp³-hybridized carbons (Fsp3) is 1.00. The van der Waals surface area contributed by atoms with E-state index in [1.807, 2.05) is 0 Å². The summed E-state index contributed by atoms with van der Waals surface area (Å²) < 4.78 is 22.4. The van der Waals surface area contributed by atoms with Crippen LogP contribution in [0.5, 0.6) is 0 Å². The average Bonchev–Trinajstić information content (AvgIpc) is 2.31. The van der Waals surface area contributed by atoms with Gasteiger partial charge in [-0.25, -0.2) is 8.42 Å². The molecule has 0 aromatic rings. The van der Waals surface area contributed by atoms with Crippen molar-refractivity contribution in [3.05, 3.63) is 0 Å². The Kier molecular flexibility index (Phi) is 2.47. The minimum Gasteiger partial charge on any atom is -0.387 e. The third-order valence-corrected chi connectivity index (χ3v) is 4.25. The smallest absolute Gasteiger partial charge is 0.153 e. The van der Waals surface area contributed by atoms with Crippen molar-refractivity contribution in [3.63, 3.8) is 0 Å². The molecule has 3 N–H and O–H groups in total. The predicted molar refractivity (Wildman–Crippen MR) is 46.5 cm³/mol. The molecule has 1 rings (SSSR count). The fourth-order valence-corrected chi connectivity index (χ4v) is 3.48. The Bertz CT molecular complexity index is 262. The molecule has 2 atom stereocenters. The second-order valence-electron chi connectivity index (χ2n) is 3.52. The molecule has 1 saturated carbocycles. The van der Waals surface area contributed by atoms with Gasteiger partial charge >= 0.3 is 0 Å². The molecule has 72 valence electrons. The maximum absolute atomic E-state index is 11.2. The molecule has 0 aromatic carbocycles. The molecule has 0 radical (unpaired) electrons. The number of hydrogen-bond donors (Lipinski definition) is 2. The lowest BCUT2D eigenvalue weighted by atomic mass is 10.0. The highest BCUT2D eigenvalue weighted by atomic mass is 32.2. The van der Waals surface area contributed by atoms with Crippen LogP contribution >= 0.6 is 0 Å². The Morgan fingerprint density at radius 1 is 1.67 bits per heavy atom. The average molecular weight is 193 g/mol. The van der Waals surface area contributed by atoms with Crippen LogP contribution in [0.4, 0.5) is 0 Å². The van der Waals surface area contributed by atoms with Crippen LogP contribution in [0.3, 0.4) is 0 Å². The van der Waals surface area contributed by atoms with Gasteiger partial charge in [0.2, 0.25) is 0 Å². The van der Waals surface area contributed by atoms with Crippen molar-refractivity contribution in [1.82, 2.24) is 0 Å². The summed E-state index contributed by atoms with van der Waals surface area (Å²) in [5.41, 5.74) is 4.17. The van der Waals surface area contributed by atoms with Crippen molar-refractivity contribution in [2.75, 3.05) is 12.8 Å². The van der Waals surface area contributed by atoms with Gasteiger partial charge in [0, 0.05) is 12.8 Å². The number of hydrogen-bond acceptors (Lipinski definition) is 4. The Hall–Kier alpha value is -0.130. The zero-order chi connectivity index (χ0) is 9.41. The molecule has 0 bridgehead atoms. The first-order valence-electron chi connectivity index (χ1n) is 4.01. The van der Waals surface area contributed by atoms with Gasteiger partial charge in [0.25, 0.3) is 0 Å². The van der Waals surface area contributed by atoms with E-state index in [2.05, 4.69) is 0 Å². The molecule has 0 aliphatic heterocycles. The van der Waals surface area contributed by atoms with Gasteiger partial charge in [0.15, 0.2) is 9.84 Å². The SMILES string of the molecule is CS(=O)(=O)C1CCCC1(O)CN. The first-order valence-corrected chi connectivity index (χ1v) is 5.97. The van der Waals surface area contributed by atoms with Crippen LogP contribution in [0.15, 0.2) is 0 Å². The van der Waals surface area contributed by atoms with E-state index in [9.17, 15) is 13.5 Å². The molecule has 0 saturated heterocycles. The van der Waals surface area contributed by atoms with E-state index in [1.54, 1.807) is 0 Å². The molecule has 0 heterocycles. The normalized spacial score (nSPS) is 37.1. The summed E-state index contributed by atoms with van der Waals surface area (Å²) >= 11 is 0. The van der Waals surface area contributed by atoms with Crippen molar-refractivity contribution < 1.29 is 13.5 Å². The summed E-state index contributed by atoms with van der Waals surface area (Å²) in [4.78, 5) is 0. The molecular weight excluding hydrogens is 178 g/mol. The van der Waals surface area contributed by atoms with Gasteiger partial charge in [-0.15, -0.1) is 0 Å². The molecule has 0 spiro atoms. The van der Waals surface area contributed by atoms with Crippen LogP contribution in [0, 0.1) is 0 Å². The summed E-state index contributed by atoms with van der Waals surface area (Å²) in [6.07, 6.45) is 2.93. The largest absolute Gasteiger partial charge is 0.387 e. The molecule has 2 unspecified atom stereocenters. The number of aliphatic hydroxyl groups is 1. The topological polar surface area (TPSA) is 80.4 Å². The maximum atomic E-state index is 11.2. The zero-order valence-corrected chi connectivity index (χ0v) is 7.97.